The molecule has 2 heteroatoms. The first-order chi connectivity index (χ1) is 19.3. The number of phenols is 2. The molecule has 2 fully saturated rings. The monoisotopic (exact) mass is 538 g/mol. The van der Waals surface area contributed by atoms with Gasteiger partial charge >= 0.3 is 0 Å². The second-order valence-corrected chi connectivity index (χ2v) is 13.2. The highest BCUT2D eigenvalue weighted by atomic mass is 16.3. The Morgan fingerprint density at radius 1 is 0.600 bits per heavy atom. The second kappa shape index (κ2) is 12.8. The highest BCUT2D eigenvalue weighted by Crippen LogP contribution is 2.41. The largest absolute Gasteiger partial charge is 0.508 e. The highest BCUT2D eigenvalue weighted by Gasteiger charge is 2.23. The van der Waals surface area contributed by atoms with E-state index in [1.165, 1.54) is 109 Å². The summed E-state index contributed by atoms with van der Waals surface area (Å²) in [4.78, 5) is 0. The first-order valence-electron chi connectivity index (χ1n) is 16.0. The van der Waals surface area contributed by atoms with Gasteiger partial charge in [-0.2, -0.15) is 0 Å². The first kappa shape index (κ1) is 28.8. The van der Waals surface area contributed by atoms with Gasteiger partial charge in [0.25, 0.3) is 0 Å². The molecular formula is C38H50O2. The van der Waals surface area contributed by atoms with Crippen LogP contribution in [0.25, 0.3) is 0 Å². The number of phenolic OH excluding ortho intramolecular Hbond substituents is 2. The zero-order chi connectivity index (χ0) is 28.2. The van der Waals surface area contributed by atoms with Gasteiger partial charge in [0.1, 0.15) is 11.5 Å². The average Bonchev–Trinajstić information content (AvgIpc) is 2.94. The molecule has 0 saturated heterocycles. The van der Waals surface area contributed by atoms with E-state index in [1.807, 2.05) is 12.1 Å². The molecule has 2 atom stereocenters. The lowest BCUT2D eigenvalue weighted by Gasteiger charge is -2.25. The molecule has 0 bridgehead atoms. The Morgan fingerprint density at radius 2 is 1.00 bits per heavy atom. The summed E-state index contributed by atoms with van der Waals surface area (Å²) in [6.45, 7) is 8.98. The van der Waals surface area contributed by atoms with E-state index in [-0.39, 0.29) is 0 Å². The normalized spacial score (nSPS) is 18.5. The van der Waals surface area contributed by atoms with Gasteiger partial charge in [-0.25, -0.2) is 0 Å². The van der Waals surface area contributed by atoms with Gasteiger partial charge in [0.15, 0.2) is 0 Å². The van der Waals surface area contributed by atoms with Gasteiger partial charge in [-0.3, -0.25) is 0 Å². The number of hydrogen-bond donors (Lipinski definition) is 2. The van der Waals surface area contributed by atoms with E-state index in [0.717, 1.165) is 12.8 Å². The summed E-state index contributed by atoms with van der Waals surface area (Å²) in [5.41, 5.74) is 10.3. The predicted molar refractivity (Wildman–Crippen MR) is 168 cm³/mol. The van der Waals surface area contributed by atoms with E-state index in [1.54, 1.807) is 0 Å². The summed E-state index contributed by atoms with van der Waals surface area (Å²) in [6.07, 6.45) is 14.6. The van der Waals surface area contributed by atoms with Crippen molar-refractivity contribution in [3.63, 3.8) is 0 Å². The van der Waals surface area contributed by atoms with Crippen LogP contribution in [-0.4, -0.2) is 10.2 Å². The van der Waals surface area contributed by atoms with Gasteiger partial charge in [-0.05, 0) is 133 Å². The summed E-state index contributed by atoms with van der Waals surface area (Å²) in [6, 6.07) is 17.8. The summed E-state index contributed by atoms with van der Waals surface area (Å²) in [5.74, 6) is 2.79. The van der Waals surface area contributed by atoms with Crippen LogP contribution < -0.4 is 0 Å². The summed E-state index contributed by atoms with van der Waals surface area (Å²) >= 11 is 0. The van der Waals surface area contributed by atoms with Crippen molar-refractivity contribution in [2.24, 2.45) is 0 Å². The van der Waals surface area contributed by atoms with Crippen molar-refractivity contribution in [2.75, 3.05) is 0 Å². The van der Waals surface area contributed by atoms with E-state index in [4.69, 9.17) is 0 Å². The van der Waals surface area contributed by atoms with Crippen LogP contribution in [0.3, 0.4) is 0 Å². The fourth-order valence-electron chi connectivity index (χ4n) is 7.81. The van der Waals surface area contributed by atoms with E-state index in [2.05, 4.69) is 64.1 Å². The number of benzene rings is 3. The van der Waals surface area contributed by atoms with Crippen LogP contribution in [0.4, 0.5) is 0 Å². The zero-order valence-corrected chi connectivity index (χ0v) is 25.3. The molecule has 0 radical (unpaired) electrons. The second-order valence-electron chi connectivity index (χ2n) is 13.2. The minimum Gasteiger partial charge on any atom is -0.508 e. The molecule has 0 heterocycles. The van der Waals surface area contributed by atoms with Crippen molar-refractivity contribution in [1.29, 1.82) is 0 Å². The molecule has 0 spiro atoms. The fraction of sp³-hybridized carbons (Fsp3) is 0.526. The van der Waals surface area contributed by atoms with Crippen LogP contribution in [0.5, 0.6) is 11.5 Å². The van der Waals surface area contributed by atoms with Crippen LogP contribution in [0.2, 0.25) is 0 Å². The molecule has 0 amide bonds. The topological polar surface area (TPSA) is 40.5 Å². The lowest BCUT2D eigenvalue weighted by atomic mass is 9.80. The maximum Gasteiger partial charge on any atom is 0.119 e. The minimum atomic E-state index is 0.396. The van der Waals surface area contributed by atoms with Crippen molar-refractivity contribution < 1.29 is 10.2 Å². The Morgan fingerprint density at radius 3 is 1.40 bits per heavy atom. The molecule has 40 heavy (non-hydrogen) atoms. The summed E-state index contributed by atoms with van der Waals surface area (Å²) < 4.78 is 0. The molecule has 2 N–H and O–H groups in total. The smallest absolute Gasteiger partial charge is 0.119 e. The van der Waals surface area contributed by atoms with Gasteiger partial charge in [0, 0.05) is 0 Å². The van der Waals surface area contributed by atoms with E-state index in [0.29, 0.717) is 35.2 Å². The van der Waals surface area contributed by atoms with Gasteiger partial charge in [-0.1, -0.05) is 88.8 Å². The highest BCUT2D eigenvalue weighted by molar-refractivity contribution is 5.46. The Labute approximate surface area is 242 Å². The molecular weight excluding hydrogens is 488 g/mol. The molecule has 2 unspecified atom stereocenters. The molecule has 214 valence electrons. The van der Waals surface area contributed by atoms with Crippen LogP contribution in [0.15, 0.2) is 48.5 Å². The van der Waals surface area contributed by atoms with Crippen LogP contribution in [0, 0.1) is 13.8 Å². The molecule has 2 aliphatic rings. The maximum atomic E-state index is 10.8. The Hall–Kier alpha value is -2.74. The predicted octanol–water partition coefficient (Wildman–Crippen LogP) is 10.5. The number of aryl methyl sites for hydroxylation is 2. The zero-order valence-electron chi connectivity index (χ0n) is 25.3. The van der Waals surface area contributed by atoms with Crippen molar-refractivity contribution in [3.8, 4) is 11.5 Å². The maximum absolute atomic E-state index is 10.8. The molecule has 2 saturated carbocycles. The fourth-order valence-corrected chi connectivity index (χ4v) is 7.81. The van der Waals surface area contributed by atoms with Crippen molar-refractivity contribution in [2.45, 2.75) is 128 Å². The van der Waals surface area contributed by atoms with Crippen LogP contribution >= 0.6 is 0 Å². The van der Waals surface area contributed by atoms with E-state index >= 15 is 0 Å². The number of rotatable bonds is 8. The van der Waals surface area contributed by atoms with Crippen molar-refractivity contribution in [1.82, 2.24) is 0 Å². The van der Waals surface area contributed by atoms with Gasteiger partial charge in [-0.15, -0.1) is 0 Å². The molecule has 3 aromatic carbocycles. The third kappa shape index (κ3) is 6.59. The minimum absolute atomic E-state index is 0.396. The van der Waals surface area contributed by atoms with Crippen LogP contribution in [-0.2, 0) is 12.8 Å². The van der Waals surface area contributed by atoms with Gasteiger partial charge in [0.2, 0.25) is 0 Å². The van der Waals surface area contributed by atoms with Gasteiger partial charge in [0.05, 0.1) is 0 Å². The molecule has 0 aromatic heterocycles. The molecule has 3 aromatic rings. The number of hydrogen-bond acceptors (Lipinski definition) is 2. The molecule has 0 aliphatic heterocycles. The quantitative estimate of drug-likeness (QED) is 0.299. The molecule has 5 rings (SSSR count). The van der Waals surface area contributed by atoms with E-state index in [9.17, 15) is 10.2 Å². The lowest BCUT2D eigenvalue weighted by Crippen LogP contribution is -2.08. The Kier molecular flexibility index (Phi) is 9.24. The Bertz CT molecular complexity index is 1200. The lowest BCUT2D eigenvalue weighted by molar-refractivity contribution is 0.413. The molecule has 2 aliphatic carbocycles. The third-order valence-electron chi connectivity index (χ3n) is 10.1. The molecule has 2 nitrogen and oxygen atoms in total. The van der Waals surface area contributed by atoms with Gasteiger partial charge < -0.3 is 10.2 Å². The van der Waals surface area contributed by atoms with Crippen molar-refractivity contribution >= 4 is 0 Å². The first-order valence-corrected chi connectivity index (χ1v) is 16.0. The standard InChI is InChI=1S/C38H50O2/c1-25(33-23-35(37(39)20-27(33)3)31-14-7-5-8-15-31)18-29-12-11-13-30(22-29)19-26(2)34-24-36(38(40)21-28(34)4)32-16-9-6-10-17-32/h11-13,20-26,31-32,39-40H,5-10,14-19H2,1-4H3. The summed E-state index contributed by atoms with van der Waals surface area (Å²) in [7, 11) is 0. The SMILES string of the molecule is Cc1cc(O)c(C2CCCCC2)cc1C(C)Cc1cccc(CC(C)c2cc(C3CCCCC3)c(O)cc2C)c1. The van der Waals surface area contributed by atoms with E-state index < -0.39 is 0 Å². The third-order valence-corrected chi connectivity index (χ3v) is 10.1. The van der Waals surface area contributed by atoms with Crippen LogP contribution in [0.1, 0.15) is 146 Å². The number of aromatic hydroxyl groups is 2. The van der Waals surface area contributed by atoms with Crippen molar-refractivity contribution in [3.05, 3.63) is 93.0 Å². The Balaban J connectivity index is 1.31. The average molecular weight is 539 g/mol. The summed E-state index contributed by atoms with van der Waals surface area (Å²) in [5, 5.41) is 21.5.